The number of piperidine rings is 1. The average molecular weight is 283 g/mol. The molecule has 3 N–H and O–H groups in total. The highest BCUT2D eigenvalue weighted by Gasteiger charge is 2.17. The second-order valence-electron chi connectivity index (χ2n) is 5.55. The molecular weight excluding hydrogens is 260 g/mol. The third-order valence-electron chi connectivity index (χ3n) is 3.69. The number of alkyl halides is 2. The molecule has 1 aliphatic heterocycles. The number of likely N-dealkylation sites (tertiary alicyclic amines) is 1. The molecule has 0 spiro atoms. The van der Waals surface area contributed by atoms with Crippen LogP contribution >= 0.6 is 0 Å². The fourth-order valence-corrected chi connectivity index (χ4v) is 2.73. The van der Waals surface area contributed by atoms with Crippen molar-refractivity contribution in [2.75, 3.05) is 30.7 Å². The molecule has 0 aliphatic carbocycles. The molecular formula is C15H23F2N3. The van der Waals surface area contributed by atoms with Crippen LogP contribution in [0.3, 0.4) is 0 Å². The maximum Gasteiger partial charge on any atom is 0.265 e. The van der Waals surface area contributed by atoms with Gasteiger partial charge in [-0.05, 0) is 51.1 Å². The summed E-state index contributed by atoms with van der Waals surface area (Å²) >= 11 is 0. The Labute approximate surface area is 119 Å². The van der Waals surface area contributed by atoms with E-state index in [0.29, 0.717) is 11.4 Å². The smallest absolute Gasteiger partial charge is 0.265 e. The molecule has 0 saturated carbocycles. The molecule has 1 fully saturated rings. The standard InChI is InChI=1S/C15H23F2N3/c1-11(10-20-7-3-2-4-8-20)19-14-6-5-12(18)9-13(14)15(16)17/h5-6,9,11,15,19H,2-4,7-8,10,18H2,1H3. The summed E-state index contributed by atoms with van der Waals surface area (Å²) in [5, 5.41) is 3.19. The zero-order valence-corrected chi connectivity index (χ0v) is 11.9. The second-order valence-corrected chi connectivity index (χ2v) is 5.55. The molecule has 0 radical (unpaired) electrons. The Morgan fingerprint density at radius 1 is 1.25 bits per heavy atom. The first-order valence-corrected chi connectivity index (χ1v) is 7.22. The van der Waals surface area contributed by atoms with Crippen LogP contribution in [0.4, 0.5) is 20.2 Å². The summed E-state index contributed by atoms with van der Waals surface area (Å²) in [4.78, 5) is 2.39. The molecule has 1 aromatic carbocycles. The van der Waals surface area contributed by atoms with Gasteiger partial charge in [0.05, 0.1) is 0 Å². The minimum atomic E-state index is -2.51. The lowest BCUT2D eigenvalue weighted by Crippen LogP contribution is -2.38. The first-order chi connectivity index (χ1) is 9.56. The van der Waals surface area contributed by atoms with Crippen LogP contribution in [-0.4, -0.2) is 30.6 Å². The summed E-state index contributed by atoms with van der Waals surface area (Å²) in [5.74, 6) is 0. The van der Waals surface area contributed by atoms with E-state index in [4.69, 9.17) is 5.73 Å². The molecule has 1 heterocycles. The molecule has 0 bridgehead atoms. The third-order valence-corrected chi connectivity index (χ3v) is 3.69. The Kier molecular flexibility index (Phi) is 5.17. The van der Waals surface area contributed by atoms with Gasteiger partial charge in [0, 0.05) is 29.5 Å². The summed E-state index contributed by atoms with van der Waals surface area (Å²) in [6, 6.07) is 4.78. The lowest BCUT2D eigenvalue weighted by molar-refractivity contribution is 0.152. The number of rotatable bonds is 5. The molecule has 1 atom stereocenters. The number of hydrogen-bond acceptors (Lipinski definition) is 3. The van der Waals surface area contributed by atoms with Crippen molar-refractivity contribution < 1.29 is 8.78 Å². The number of nitrogens with two attached hydrogens (primary N) is 1. The molecule has 1 saturated heterocycles. The minimum Gasteiger partial charge on any atom is -0.399 e. The predicted molar refractivity (Wildman–Crippen MR) is 79.2 cm³/mol. The number of nitrogen functional groups attached to an aromatic ring is 1. The van der Waals surface area contributed by atoms with E-state index in [9.17, 15) is 8.78 Å². The maximum absolute atomic E-state index is 13.0. The number of benzene rings is 1. The molecule has 1 unspecified atom stereocenters. The van der Waals surface area contributed by atoms with Gasteiger partial charge >= 0.3 is 0 Å². The van der Waals surface area contributed by atoms with Gasteiger partial charge < -0.3 is 16.0 Å². The first kappa shape index (κ1) is 15.0. The van der Waals surface area contributed by atoms with Crippen molar-refractivity contribution in [3.63, 3.8) is 0 Å². The maximum atomic E-state index is 13.0. The fraction of sp³-hybridized carbons (Fsp3) is 0.600. The molecule has 1 aromatic rings. The monoisotopic (exact) mass is 283 g/mol. The van der Waals surface area contributed by atoms with E-state index in [2.05, 4.69) is 10.2 Å². The van der Waals surface area contributed by atoms with Crippen molar-refractivity contribution in [2.24, 2.45) is 0 Å². The Bertz CT molecular complexity index is 431. The van der Waals surface area contributed by atoms with Crippen LogP contribution < -0.4 is 11.1 Å². The lowest BCUT2D eigenvalue weighted by Gasteiger charge is -2.30. The normalized spacial score (nSPS) is 18.2. The summed E-state index contributed by atoms with van der Waals surface area (Å²) in [7, 11) is 0. The van der Waals surface area contributed by atoms with Gasteiger partial charge in [-0.3, -0.25) is 0 Å². The van der Waals surface area contributed by atoms with Crippen molar-refractivity contribution in [1.29, 1.82) is 0 Å². The Morgan fingerprint density at radius 3 is 2.60 bits per heavy atom. The van der Waals surface area contributed by atoms with Crippen LogP contribution in [0.2, 0.25) is 0 Å². The number of hydrogen-bond donors (Lipinski definition) is 2. The van der Waals surface area contributed by atoms with Crippen molar-refractivity contribution in [1.82, 2.24) is 4.90 Å². The SMILES string of the molecule is CC(CN1CCCCC1)Nc1ccc(N)cc1C(F)F. The molecule has 2 rings (SSSR count). The molecule has 20 heavy (non-hydrogen) atoms. The van der Waals surface area contributed by atoms with Gasteiger partial charge in [0.25, 0.3) is 6.43 Å². The number of nitrogens with zero attached hydrogens (tertiary/aromatic N) is 1. The largest absolute Gasteiger partial charge is 0.399 e. The van der Waals surface area contributed by atoms with E-state index < -0.39 is 6.43 Å². The van der Waals surface area contributed by atoms with Gasteiger partial charge in [-0.15, -0.1) is 0 Å². The molecule has 5 heteroatoms. The van der Waals surface area contributed by atoms with Gasteiger partial charge in [-0.2, -0.15) is 0 Å². The summed E-state index contributed by atoms with van der Waals surface area (Å²) in [5.41, 5.74) is 6.41. The van der Waals surface area contributed by atoms with Crippen LogP contribution in [0.5, 0.6) is 0 Å². The zero-order chi connectivity index (χ0) is 14.5. The van der Waals surface area contributed by atoms with Crippen LogP contribution in [0, 0.1) is 0 Å². The second kappa shape index (κ2) is 6.88. The van der Waals surface area contributed by atoms with E-state index in [0.717, 1.165) is 19.6 Å². The van der Waals surface area contributed by atoms with E-state index in [1.165, 1.54) is 25.3 Å². The Morgan fingerprint density at radius 2 is 1.95 bits per heavy atom. The summed E-state index contributed by atoms with van der Waals surface area (Å²) in [6.07, 6.45) is 1.25. The van der Waals surface area contributed by atoms with Crippen LogP contribution in [0.1, 0.15) is 38.2 Å². The van der Waals surface area contributed by atoms with Gasteiger partial charge in [-0.25, -0.2) is 8.78 Å². The van der Waals surface area contributed by atoms with Crippen LogP contribution in [0.25, 0.3) is 0 Å². The predicted octanol–water partition coefficient (Wildman–Crippen LogP) is 3.49. The zero-order valence-electron chi connectivity index (χ0n) is 11.9. The highest BCUT2D eigenvalue weighted by Crippen LogP contribution is 2.29. The van der Waals surface area contributed by atoms with E-state index in [1.54, 1.807) is 12.1 Å². The number of halogens is 2. The van der Waals surface area contributed by atoms with E-state index >= 15 is 0 Å². The van der Waals surface area contributed by atoms with Crippen LogP contribution in [0.15, 0.2) is 18.2 Å². The Balaban J connectivity index is 1.97. The highest BCUT2D eigenvalue weighted by molar-refractivity contribution is 5.59. The van der Waals surface area contributed by atoms with Crippen molar-refractivity contribution >= 4 is 11.4 Å². The Hall–Kier alpha value is -1.36. The van der Waals surface area contributed by atoms with Gasteiger partial charge in [-0.1, -0.05) is 6.42 Å². The summed E-state index contributed by atoms with van der Waals surface area (Å²) < 4.78 is 26.0. The van der Waals surface area contributed by atoms with Crippen LogP contribution in [-0.2, 0) is 0 Å². The molecule has 0 amide bonds. The molecule has 3 nitrogen and oxygen atoms in total. The fourth-order valence-electron chi connectivity index (χ4n) is 2.73. The summed E-state index contributed by atoms with van der Waals surface area (Å²) in [6.45, 7) is 5.12. The first-order valence-electron chi connectivity index (χ1n) is 7.22. The van der Waals surface area contributed by atoms with Crippen molar-refractivity contribution in [3.8, 4) is 0 Å². The quantitative estimate of drug-likeness (QED) is 0.813. The molecule has 1 aliphatic rings. The topological polar surface area (TPSA) is 41.3 Å². The average Bonchev–Trinajstić information content (AvgIpc) is 2.41. The van der Waals surface area contributed by atoms with E-state index in [-0.39, 0.29) is 11.6 Å². The lowest BCUT2D eigenvalue weighted by atomic mass is 10.1. The molecule has 112 valence electrons. The number of anilines is 2. The van der Waals surface area contributed by atoms with Gasteiger partial charge in [0.2, 0.25) is 0 Å². The minimum absolute atomic E-state index is 0.0181. The van der Waals surface area contributed by atoms with Crippen molar-refractivity contribution in [2.45, 2.75) is 38.7 Å². The van der Waals surface area contributed by atoms with Gasteiger partial charge in [0.1, 0.15) is 0 Å². The highest BCUT2D eigenvalue weighted by atomic mass is 19.3. The third kappa shape index (κ3) is 4.07. The van der Waals surface area contributed by atoms with E-state index in [1.807, 2.05) is 6.92 Å². The number of nitrogens with one attached hydrogen (secondary N) is 1. The molecule has 0 aromatic heterocycles. The van der Waals surface area contributed by atoms with Crippen molar-refractivity contribution in [3.05, 3.63) is 23.8 Å². The van der Waals surface area contributed by atoms with Gasteiger partial charge in [0.15, 0.2) is 0 Å².